The van der Waals surface area contributed by atoms with Gasteiger partial charge in [0.2, 0.25) is 0 Å². The lowest BCUT2D eigenvalue weighted by molar-refractivity contribution is -0.113. The number of thiol groups is 1. The molecule has 3 rings (SSSR count). The van der Waals surface area contributed by atoms with Crippen LogP contribution in [0.1, 0.15) is 21.5 Å². The van der Waals surface area contributed by atoms with E-state index in [0.717, 1.165) is 16.9 Å². The van der Waals surface area contributed by atoms with E-state index in [4.69, 9.17) is 4.74 Å². The van der Waals surface area contributed by atoms with Gasteiger partial charge in [0.15, 0.2) is 0 Å². The van der Waals surface area contributed by atoms with Gasteiger partial charge in [-0.15, -0.1) is 0 Å². The van der Waals surface area contributed by atoms with Crippen LogP contribution >= 0.6 is 12.8 Å². The second-order valence-corrected chi connectivity index (χ2v) is 6.38. The molecule has 2 aromatic rings. The number of rotatable bonds is 6. The second-order valence-electron chi connectivity index (χ2n) is 6.16. The van der Waals surface area contributed by atoms with E-state index in [1.165, 1.54) is 0 Å². The minimum absolute atomic E-state index is 0.195. The maximum atomic E-state index is 12.5. The first kappa shape index (κ1) is 19.6. The Labute approximate surface area is 169 Å². The summed E-state index contributed by atoms with van der Waals surface area (Å²) in [5, 5.41) is 5.69. The number of methoxy groups -OCH3 is 1. The molecule has 0 spiro atoms. The lowest BCUT2D eigenvalue weighted by atomic mass is 10.1. The third-order valence-electron chi connectivity index (χ3n) is 4.33. The number of nitrogens with one attached hydrogen (secondary N) is 3. The third-order valence-corrected chi connectivity index (χ3v) is 4.57. The van der Waals surface area contributed by atoms with E-state index in [1.54, 1.807) is 37.5 Å². The van der Waals surface area contributed by atoms with Gasteiger partial charge in [0, 0.05) is 17.8 Å². The van der Waals surface area contributed by atoms with Crippen molar-refractivity contribution < 1.29 is 14.3 Å². The summed E-state index contributed by atoms with van der Waals surface area (Å²) in [6.07, 6.45) is 5.95. The van der Waals surface area contributed by atoms with Gasteiger partial charge in [-0.25, -0.2) is 0 Å². The van der Waals surface area contributed by atoms with Crippen LogP contribution in [0.25, 0.3) is 6.08 Å². The molecule has 0 unspecified atom stereocenters. The van der Waals surface area contributed by atoms with Crippen LogP contribution in [0.15, 0.2) is 60.3 Å². The van der Waals surface area contributed by atoms with E-state index in [0.29, 0.717) is 29.9 Å². The molecule has 2 aromatic carbocycles. The van der Waals surface area contributed by atoms with Crippen LogP contribution in [0, 0.1) is 0 Å². The Hall–Kier alpha value is -3.19. The third kappa shape index (κ3) is 4.75. The average molecular weight is 395 g/mol. The molecule has 0 aliphatic carbocycles. The Kier molecular flexibility index (Phi) is 6.39. The Bertz CT molecular complexity index is 936. The quantitative estimate of drug-likeness (QED) is 0.567. The van der Waals surface area contributed by atoms with Gasteiger partial charge in [-0.1, -0.05) is 43.2 Å². The van der Waals surface area contributed by atoms with Crippen molar-refractivity contribution in [1.82, 2.24) is 10.0 Å². The van der Waals surface area contributed by atoms with E-state index >= 15 is 0 Å². The summed E-state index contributed by atoms with van der Waals surface area (Å²) in [6, 6.07) is 12.9. The molecule has 0 saturated carbocycles. The van der Waals surface area contributed by atoms with Crippen LogP contribution in [0.3, 0.4) is 0 Å². The van der Waals surface area contributed by atoms with E-state index in [1.807, 2.05) is 30.3 Å². The highest BCUT2D eigenvalue weighted by molar-refractivity contribution is 7.78. The fourth-order valence-electron chi connectivity index (χ4n) is 2.77. The molecule has 7 heteroatoms. The fourth-order valence-corrected chi connectivity index (χ4v) is 2.94. The molecule has 6 nitrogen and oxygen atoms in total. The largest absolute Gasteiger partial charge is 0.497 e. The normalized spacial score (nSPS) is 15.8. The summed E-state index contributed by atoms with van der Waals surface area (Å²) in [6.45, 7) is 0.505. The van der Waals surface area contributed by atoms with Crippen LogP contribution < -0.4 is 20.1 Å². The Morgan fingerprint density at radius 2 is 1.96 bits per heavy atom. The monoisotopic (exact) mass is 395 g/mol. The molecule has 1 heterocycles. The predicted octanol–water partition coefficient (Wildman–Crippen LogP) is 2.95. The van der Waals surface area contributed by atoms with Gasteiger partial charge >= 0.3 is 0 Å². The smallest absolute Gasteiger partial charge is 0.272 e. The van der Waals surface area contributed by atoms with Crippen molar-refractivity contribution in [2.75, 3.05) is 19.0 Å². The first-order chi connectivity index (χ1) is 13.6. The molecule has 3 N–H and O–H groups in total. The van der Waals surface area contributed by atoms with Crippen molar-refractivity contribution in [3.8, 4) is 5.75 Å². The van der Waals surface area contributed by atoms with Crippen LogP contribution in [0.4, 0.5) is 5.69 Å². The van der Waals surface area contributed by atoms with E-state index < -0.39 is 0 Å². The van der Waals surface area contributed by atoms with Gasteiger partial charge in [-0.05, 0) is 47.9 Å². The Morgan fingerprint density at radius 3 is 2.68 bits per heavy atom. The first-order valence-corrected chi connectivity index (χ1v) is 9.20. The minimum atomic E-state index is -0.322. The molecule has 28 heavy (non-hydrogen) atoms. The number of ether oxygens (including phenoxy) is 1. The zero-order chi connectivity index (χ0) is 19.9. The van der Waals surface area contributed by atoms with Crippen LogP contribution in [-0.2, 0) is 11.2 Å². The van der Waals surface area contributed by atoms with Gasteiger partial charge in [-0.2, -0.15) is 0 Å². The minimum Gasteiger partial charge on any atom is -0.497 e. The lowest BCUT2D eigenvalue weighted by Crippen LogP contribution is -2.26. The number of hydrogen-bond donors (Lipinski definition) is 4. The number of carbonyl (C=O) groups is 2. The Morgan fingerprint density at radius 1 is 1.18 bits per heavy atom. The van der Waals surface area contributed by atoms with Crippen molar-refractivity contribution in [1.29, 1.82) is 0 Å². The number of amides is 2. The Balaban J connectivity index is 1.64. The molecule has 1 aliphatic rings. The highest BCUT2D eigenvalue weighted by atomic mass is 32.1. The summed E-state index contributed by atoms with van der Waals surface area (Å²) in [4.78, 5) is 24.7. The SMILES string of the molecule is COc1ccc(CCNC(=O)c2ccc3c(c2)NC(=O)/C(NS)=C/C=C\3)cc1. The number of allylic oxidation sites excluding steroid dienone is 2. The molecular formula is C21H21N3O3S. The number of hydrogen-bond acceptors (Lipinski definition) is 5. The zero-order valence-corrected chi connectivity index (χ0v) is 16.3. The average Bonchev–Trinajstić information content (AvgIpc) is 2.71. The van der Waals surface area contributed by atoms with Crippen molar-refractivity contribution >= 4 is 36.4 Å². The van der Waals surface area contributed by atoms with Crippen molar-refractivity contribution in [3.05, 3.63) is 77.0 Å². The molecule has 0 fully saturated rings. The first-order valence-electron chi connectivity index (χ1n) is 8.75. The maximum absolute atomic E-state index is 12.5. The maximum Gasteiger partial charge on any atom is 0.272 e. The summed E-state index contributed by atoms with van der Waals surface area (Å²) >= 11 is 3.92. The molecule has 0 aromatic heterocycles. The van der Waals surface area contributed by atoms with E-state index in [-0.39, 0.29) is 11.8 Å². The molecular weight excluding hydrogens is 374 g/mol. The highest BCUT2D eigenvalue weighted by Gasteiger charge is 2.14. The van der Waals surface area contributed by atoms with E-state index in [9.17, 15) is 9.59 Å². The topological polar surface area (TPSA) is 79.5 Å². The van der Waals surface area contributed by atoms with Gasteiger partial charge in [0.25, 0.3) is 11.8 Å². The van der Waals surface area contributed by atoms with Crippen LogP contribution in [0.5, 0.6) is 5.75 Å². The molecule has 0 atom stereocenters. The summed E-state index contributed by atoms with van der Waals surface area (Å²) < 4.78 is 7.68. The molecule has 0 saturated heterocycles. The highest BCUT2D eigenvalue weighted by Crippen LogP contribution is 2.22. The zero-order valence-electron chi connectivity index (χ0n) is 15.4. The van der Waals surface area contributed by atoms with E-state index in [2.05, 4.69) is 28.2 Å². The predicted molar refractivity (Wildman–Crippen MR) is 113 cm³/mol. The molecule has 2 amide bonds. The standard InChI is InChI=1S/C21H21N3O3S/c1-27-17-9-5-14(6-10-17)11-12-22-20(25)16-8-7-15-3-2-4-18(24-28)21(26)23-19(15)13-16/h2-10,13,24,28H,11-12H2,1H3,(H,22,25)(H,23,26). The van der Waals surface area contributed by atoms with Gasteiger partial charge in [0.05, 0.1) is 7.11 Å². The van der Waals surface area contributed by atoms with Crippen molar-refractivity contribution in [2.45, 2.75) is 6.42 Å². The van der Waals surface area contributed by atoms with Crippen molar-refractivity contribution in [2.24, 2.45) is 0 Å². The van der Waals surface area contributed by atoms with Gasteiger partial charge in [0.1, 0.15) is 11.4 Å². The molecule has 144 valence electrons. The fraction of sp³-hybridized carbons (Fsp3) is 0.143. The summed E-state index contributed by atoms with van der Waals surface area (Å²) in [5.41, 5.74) is 3.29. The molecule has 0 bridgehead atoms. The number of carbonyl (C=O) groups excluding carboxylic acids is 2. The number of fused-ring (bicyclic) bond motifs is 1. The number of benzene rings is 2. The second kappa shape index (κ2) is 9.14. The van der Waals surface area contributed by atoms with Gasteiger partial charge in [-0.3, -0.25) is 9.59 Å². The van der Waals surface area contributed by atoms with Crippen LogP contribution in [0.2, 0.25) is 0 Å². The number of anilines is 1. The summed E-state index contributed by atoms with van der Waals surface area (Å²) in [5.74, 6) is 0.285. The van der Waals surface area contributed by atoms with Crippen LogP contribution in [-0.4, -0.2) is 25.5 Å². The van der Waals surface area contributed by atoms with Gasteiger partial charge < -0.3 is 20.1 Å². The molecule has 0 radical (unpaired) electrons. The lowest BCUT2D eigenvalue weighted by Gasteiger charge is -2.14. The molecule has 1 aliphatic heterocycles. The summed E-state index contributed by atoms with van der Waals surface area (Å²) in [7, 11) is 1.63. The van der Waals surface area contributed by atoms with Crippen molar-refractivity contribution in [3.63, 3.8) is 0 Å².